The molecule has 100 valence electrons. The van der Waals surface area contributed by atoms with Gasteiger partial charge in [-0.05, 0) is 49.1 Å². The van der Waals surface area contributed by atoms with Crippen LogP contribution >= 0.6 is 11.3 Å². The summed E-state index contributed by atoms with van der Waals surface area (Å²) in [5.74, 6) is 0.710. The van der Waals surface area contributed by atoms with Gasteiger partial charge in [-0.1, -0.05) is 0 Å². The Morgan fingerprint density at radius 2 is 2.00 bits per heavy atom. The van der Waals surface area contributed by atoms with Crippen molar-refractivity contribution in [2.75, 3.05) is 11.5 Å². The summed E-state index contributed by atoms with van der Waals surface area (Å²) in [6.07, 6.45) is 5.20. The van der Waals surface area contributed by atoms with Crippen LogP contribution in [0.1, 0.15) is 42.2 Å². The minimum atomic E-state index is -2.74. The van der Waals surface area contributed by atoms with Crippen molar-refractivity contribution in [1.29, 1.82) is 0 Å². The lowest BCUT2D eigenvalue weighted by atomic mass is 9.93. The first-order valence-corrected chi connectivity index (χ1v) is 9.37. The number of sulfone groups is 1. The molecule has 1 saturated heterocycles. The van der Waals surface area contributed by atoms with Crippen LogP contribution in [0.4, 0.5) is 0 Å². The molecule has 3 rings (SSSR count). The van der Waals surface area contributed by atoms with Crippen LogP contribution in [-0.2, 0) is 16.3 Å². The number of rotatable bonds is 2. The van der Waals surface area contributed by atoms with Crippen molar-refractivity contribution >= 4 is 21.2 Å². The van der Waals surface area contributed by atoms with Crippen molar-refractivity contribution in [3.8, 4) is 0 Å². The molecule has 5 heteroatoms. The fraction of sp³-hybridized carbons (Fsp3) is 0.692. The summed E-state index contributed by atoms with van der Waals surface area (Å²) in [6.45, 7) is 0. The smallest absolute Gasteiger partial charge is 0.150 e. The molecule has 2 heterocycles. The summed E-state index contributed by atoms with van der Waals surface area (Å²) in [7, 11) is -2.74. The Morgan fingerprint density at radius 3 is 2.78 bits per heavy atom. The summed E-state index contributed by atoms with van der Waals surface area (Å²) in [6, 6.07) is 3.06. The largest absolute Gasteiger partial charge is 0.307 e. The third kappa shape index (κ3) is 2.63. The molecule has 0 saturated carbocycles. The number of hydrogen-bond donors (Lipinski definition) is 1. The molecule has 18 heavy (non-hydrogen) atoms. The van der Waals surface area contributed by atoms with E-state index in [0.717, 1.165) is 12.8 Å². The van der Waals surface area contributed by atoms with Gasteiger partial charge in [-0.15, -0.1) is 11.3 Å². The fourth-order valence-electron chi connectivity index (χ4n) is 3.00. The molecule has 2 aliphatic rings. The zero-order chi connectivity index (χ0) is 12.6. The Kier molecular flexibility index (Phi) is 3.47. The van der Waals surface area contributed by atoms with E-state index in [1.54, 1.807) is 0 Å². The summed E-state index contributed by atoms with van der Waals surface area (Å²) in [5, 5.41) is 5.86. The molecule has 1 aromatic heterocycles. The Balaban J connectivity index is 1.65. The maximum absolute atomic E-state index is 11.4. The van der Waals surface area contributed by atoms with Gasteiger partial charge >= 0.3 is 0 Å². The van der Waals surface area contributed by atoms with E-state index >= 15 is 0 Å². The van der Waals surface area contributed by atoms with Gasteiger partial charge in [0.25, 0.3) is 0 Å². The molecule has 1 aromatic rings. The van der Waals surface area contributed by atoms with Crippen LogP contribution < -0.4 is 5.32 Å². The van der Waals surface area contributed by atoms with Crippen LogP contribution in [0.15, 0.2) is 11.4 Å². The van der Waals surface area contributed by atoms with Crippen LogP contribution in [0.25, 0.3) is 0 Å². The zero-order valence-corrected chi connectivity index (χ0v) is 12.0. The molecule has 1 unspecified atom stereocenters. The van der Waals surface area contributed by atoms with E-state index < -0.39 is 9.84 Å². The predicted octanol–water partition coefficient (Wildman–Crippen LogP) is 2.29. The standard InChI is InChI=1S/C13H19NO2S2/c15-18(16)8-5-10(6-9-18)14-12-2-1-3-13-11(12)4-7-17-13/h4,7,10,12,14H,1-3,5-6,8-9H2. The van der Waals surface area contributed by atoms with E-state index in [0.29, 0.717) is 23.6 Å². The second kappa shape index (κ2) is 4.94. The monoisotopic (exact) mass is 285 g/mol. The lowest BCUT2D eigenvalue weighted by Gasteiger charge is -2.31. The van der Waals surface area contributed by atoms with Gasteiger partial charge in [0.05, 0.1) is 11.5 Å². The van der Waals surface area contributed by atoms with Crippen LogP contribution in [0.3, 0.4) is 0 Å². The summed E-state index contributed by atoms with van der Waals surface area (Å²) < 4.78 is 22.8. The quantitative estimate of drug-likeness (QED) is 0.907. The van der Waals surface area contributed by atoms with Crippen LogP contribution in [-0.4, -0.2) is 26.0 Å². The molecule has 0 radical (unpaired) electrons. The number of thiophene rings is 1. The maximum Gasteiger partial charge on any atom is 0.150 e. The Labute approximate surface area is 113 Å². The third-order valence-electron chi connectivity index (χ3n) is 4.04. The molecule has 3 nitrogen and oxygen atoms in total. The molecule has 0 spiro atoms. The van der Waals surface area contributed by atoms with E-state index in [9.17, 15) is 8.42 Å². The second-order valence-electron chi connectivity index (χ2n) is 5.34. The molecule has 1 atom stereocenters. The number of fused-ring (bicyclic) bond motifs is 1. The van der Waals surface area contributed by atoms with Crippen LogP contribution in [0, 0.1) is 0 Å². The highest BCUT2D eigenvalue weighted by molar-refractivity contribution is 7.91. The molecule has 1 aliphatic carbocycles. The molecule has 0 aromatic carbocycles. The first-order valence-electron chi connectivity index (χ1n) is 6.67. The van der Waals surface area contributed by atoms with Crippen molar-refractivity contribution in [3.05, 3.63) is 21.9 Å². The van der Waals surface area contributed by atoms with Gasteiger partial charge in [-0.2, -0.15) is 0 Å². The van der Waals surface area contributed by atoms with Crippen molar-refractivity contribution in [2.45, 2.75) is 44.2 Å². The second-order valence-corrected chi connectivity index (χ2v) is 8.64. The highest BCUT2D eigenvalue weighted by Gasteiger charge is 2.28. The molecule has 0 amide bonds. The summed E-state index contributed by atoms with van der Waals surface area (Å²) in [5.41, 5.74) is 1.46. The van der Waals surface area contributed by atoms with Gasteiger partial charge in [-0.3, -0.25) is 0 Å². The minimum Gasteiger partial charge on any atom is -0.307 e. The van der Waals surface area contributed by atoms with Crippen molar-refractivity contribution in [1.82, 2.24) is 5.32 Å². The van der Waals surface area contributed by atoms with Gasteiger partial charge in [0.15, 0.2) is 0 Å². The average molecular weight is 285 g/mol. The summed E-state index contributed by atoms with van der Waals surface area (Å²) in [4.78, 5) is 1.52. The first-order chi connectivity index (χ1) is 8.64. The minimum absolute atomic E-state index is 0.355. The lowest BCUT2D eigenvalue weighted by Crippen LogP contribution is -2.40. The Bertz CT molecular complexity index is 507. The van der Waals surface area contributed by atoms with E-state index in [-0.39, 0.29) is 0 Å². The molecule has 1 fully saturated rings. The topological polar surface area (TPSA) is 46.2 Å². The van der Waals surface area contributed by atoms with Gasteiger partial charge in [0.2, 0.25) is 0 Å². The molecule has 1 aliphatic heterocycles. The highest BCUT2D eigenvalue weighted by Crippen LogP contribution is 2.34. The normalized spacial score (nSPS) is 27.9. The Hall–Kier alpha value is -0.390. The summed E-state index contributed by atoms with van der Waals surface area (Å²) >= 11 is 1.86. The molecular weight excluding hydrogens is 266 g/mol. The zero-order valence-electron chi connectivity index (χ0n) is 10.4. The van der Waals surface area contributed by atoms with E-state index in [1.807, 2.05) is 11.3 Å². The fourth-order valence-corrected chi connectivity index (χ4v) is 5.48. The number of hydrogen-bond acceptors (Lipinski definition) is 4. The molecule has 1 N–H and O–H groups in total. The van der Waals surface area contributed by atoms with Gasteiger partial charge < -0.3 is 5.32 Å². The maximum atomic E-state index is 11.4. The van der Waals surface area contributed by atoms with Crippen molar-refractivity contribution in [3.63, 3.8) is 0 Å². The van der Waals surface area contributed by atoms with Crippen LogP contribution in [0.2, 0.25) is 0 Å². The predicted molar refractivity (Wildman–Crippen MR) is 74.8 cm³/mol. The molecule has 0 bridgehead atoms. The first kappa shape index (κ1) is 12.6. The van der Waals surface area contributed by atoms with Gasteiger partial charge in [0, 0.05) is 17.0 Å². The average Bonchev–Trinajstić information content (AvgIpc) is 2.81. The number of aryl methyl sites for hydroxylation is 1. The van der Waals surface area contributed by atoms with Crippen molar-refractivity contribution < 1.29 is 8.42 Å². The third-order valence-corrected chi connectivity index (χ3v) is 6.76. The van der Waals surface area contributed by atoms with Gasteiger partial charge in [-0.25, -0.2) is 8.42 Å². The van der Waals surface area contributed by atoms with E-state index in [2.05, 4.69) is 16.8 Å². The van der Waals surface area contributed by atoms with Gasteiger partial charge in [0.1, 0.15) is 9.84 Å². The Morgan fingerprint density at radius 1 is 1.22 bits per heavy atom. The van der Waals surface area contributed by atoms with Crippen molar-refractivity contribution in [2.24, 2.45) is 0 Å². The van der Waals surface area contributed by atoms with Crippen LogP contribution in [0.5, 0.6) is 0 Å². The SMILES string of the molecule is O=S1(=O)CCC(NC2CCCc3sccc32)CC1. The van der Waals surface area contributed by atoms with E-state index in [1.165, 1.54) is 29.7 Å². The lowest BCUT2D eigenvalue weighted by molar-refractivity contribution is 0.375. The highest BCUT2D eigenvalue weighted by atomic mass is 32.2. The number of nitrogens with one attached hydrogen (secondary N) is 1. The van der Waals surface area contributed by atoms with E-state index in [4.69, 9.17) is 0 Å². The molecular formula is C13H19NO2S2.